The summed E-state index contributed by atoms with van der Waals surface area (Å²) in [6.45, 7) is 11.1. The smallest absolute Gasteiger partial charge is 0.321 e. The van der Waals surface area contributed by atoms with E-state index < -0.39 is 28.9 Å². The summed E-state index contributed by atoms with van der Waals surface area (Å²) < 4.78 is 0. The number of amides is 2. The first-order valence-corrected chi connectivity index (χ1v) is 9.73. The van der Waals surface area contributed by atoms with Crippen molar-refractivity contribution in [3.63, 3.8) is 0 Å². The van der Waals surface area contributed by atoms with Crippen molar-refractivity contribution >= 4 is 17.8 Å². The predicted octanol–water partition coefficient (Wildman–Crippen LogP) is -0.226. The largest absolute Gasteiger partial charge is 0.480 e. The van der Waals surface area contributed by atoms with Crippen molar-refractivity contribution in [3.8, 4) is 0 Å². The second-order valence-corrected chi connectivity index (χ2v) is 8.88. The zero-order chi connectivity index (χ0) is 22.3. The van der Waals surface area contributed by atoms with Crippen LogP contribution in [0.5, 0.6) is 0 Å². The lowest BCUT2D eigenvalue weighted by Gasteiger charge is -2.37. The van der Waals surface area contributed by atoms with Crippen molar-refractivity contribution in [2.75, 3.05) is 13.1 Å². The molecular formula is C19H39N5O4. The zero-order valence-corrected chi connectivity index (χ0v) is 18.0. The number of nitrogens with one attached hydrogen (secondary N) is 2. The second-order valence-electron chi connectivity index (χ2n) is 8.88. The standard InChI is InChI=1S/C19H39N5O4/c1-7-11(2)13(15(25)23-12(8-20)9-21)24-17(28)19(5,6)10-18(3,4)14(22)16(26)27/h11-14H,7-10,20-22H2,1-6H3,(H,23,25)(H,24,28)(H,26,27). The topological polar surface area (TPSA) is 174 Å². The van der Waals surface area contributed by atoms with E-state index in [4.69, 9.17) is 17.2 Å². The van der Waals surface area contributed by atoms with Gasteiger partial charge in [-0.25, -0.2) is 0 Å². The number of carboxylic acids is 1. The number of hydrogen-bond donors (Lipinski definition) is 6. The van der Waals surface area contributed by atoms with Gasteiger partial charge in [0.25, 0.3) is 0 Å². The summed E-state index contributed by atoms with van der Waals surface area (Å²) in [5.74, 6) is -1.89. The molecule has 3 unspecified atom stereocenters. The first-order valence-electron chi connectivity index (χ1n) is 9.73. The molecule has 0 aliphatic rings. The van der Waals surface area contributed by atoms with Crippen LogP contribution in [0.3, 0.4) is 0 Å². The Bertz CT molecular complexity index is 546. The van der Waals surface area contributed by atoms with Gasteiger partial charge in [0, 0.05) is 18.5 Å². The molecule has 0 rings (SSSR count). The zero-order valence-electron chi connectivity index (χ0n) is 18.0. The van der Waals surface area contributed by atoms with E-state index in [2.05, 4.69) is 10.6 Å². The molecule has 0 saturated carbocycles. The van der Waals surface area contributed by atoms with Crippen LogP contribution >= 0.6 is 0 Å². The Hall–Kier alpha value is -1.71. The maximum Gasteiger partial charge on any atom is 0.321 e. The number of carboxylic acid groups (broad SMARTS) is 1. The molecule has 28 heavy (non-hydrogen) atoms. The second kappa shape index (κ2) is 10.7. The maximum absolute atomic E-state index is 13.0. The lowest BCUT2D eigenvalue weighted by atomic mass is 9.70. The van der Waals surface area contributed by atoms with Crippen molar-refractivity contribution in [2.24, 2.45) is 33.9 Å². The summed E-state index contributed by atoms with van der Waals surface area (Å²) >= 11 is 0. The molecule has 0 aliphatic carbocycles. The highest BCUT2D eigenvalue weighted by atomic mass is 16.4. The number of nitrogens with two attached hydrogens (primary N) is 3. The van der Waals surface area contributed by atoms with E-state index in [9.17, 15) is 19.5 Å². The van der Waals surface area contributed by atoms with Crippen LogP contribution in [0.4, 0.5) is 0 Å². The van der Waals surface area contributed by atoms with Gasteiger partial charge < -0.3 is 32.9 Å². The molecule has 9 nitrogen and oxygen atoms in total. The molecule has 0 fully saturated rings. The SMILES string of the molecule is CCC(C)C(NC(=O)C(C)(C)CC(C)(C)C(N)C(=O)O)C(=O)NC(CN)CN. The van der Waals surface area contributed by atoms with E-state index in [0.29, 0.717) is 6.42 Å². The van der Waals surface area contributed by atoms with Gasteiger partial charge in [-0.1, -0.05) is 48.0 Å². The third-order valence-electron chi connectivity index (χ3n) is 5.32. The van der Waals surface area contributed by atoms with Crippen LogP contribution in [0, 0.1) is 16.7 Å². The van der Waals surface area contributed by atoms with Gasteiger partial charge in [-0.2, -0.15) is 0 Å². The lowest BCUT2D eigenvalue weighted by Crippen LogP contribution is -2.57. The Morgan fingerprint density at radius 1 is 1.04 bits per heavy atom. The van der Waals surface area contributed by atoms with Crippen molar-refractivity contribution in [1.29, 1.82) is 0 Å². The van der Waals surface area contributed by atoms with Gasteiger partial charge in [-0.05, 0) is 17.8 Å². The molecule has 9 N–H and O–H groups in total. The number of hydrogen-bond acceptors (Lipinski definition) is 6. The maximum atomic E-state index is 13.0. The molecule has 9 heteroatoms. The average Bonchev–Trinajstić information content (AvgIpc) is 2.61. The van der Waals surface area contributed by atoms with E-state index in [1.54, 1.807) is 27.7 Å². The molecule has 0 heterocycles. The first-order chi connectivity index (χ1) is 12.7. The number of aliphatic carboxylic acids is 1. The van der Waals surface area contributed by atoms with E-state index >= 15 is 0 Å². The molecule has 0 radical (unpaired) electrons. The molecule has 3 atom stereocenters. The fourth-order valence-corrected chi connectivity index (χ4v) is 3.21. The van der Waals surface area contributed by atoms with Gasteiger partial charge in [0.2, 0.25) is 11.8 Å². The highest BCUT2D eigenvalue weighted by molar-refractivity contribution is 5.90. The summed E-state index contributed by atoms with van der Waals surface area (Å²) in [6.07, 6.45) is 0.923. The summed E-state index contributed by atoms with van der Waals surface area (Å²) in [5, 5.41) is 14.8. The van der Waals surface area contributed by atoms with Gasteiger partial charge in [-0.3, -0.25) is 14.4 Å². The minimum atomic E-state index is -1.12. The molecule has 0 saturated heterocycles. The predicted molar refractivity (Wildman–Crippen MR) is 109 cm³/mol. The van der Waals surface area contributed by atoms with Crippen molar-refractivity contribution in [2.45, 2.75) is 72.5 Å². The van der Waals surface area contributed by atoms with Crippen LogP contribution in [0.1, 0.15) is 54.4 Å². The molecule has 0 aliphatic heterocycles. The monoisotopic (exact) mass is 401 g/mol. The van der Waals surface area contributed by atoms with Crippen LogP contribution in [-0.2, 0) is 14.4 Å². The molecule has 164 valence electrons. The highest BCUT2D eigenvalue weighted by Gasteiger charge is 2.42. The quantitative estimate of drug-likeness (QED) is 0.262. The van der Waals surface area contributed by atoms with Crippen molar-refractivity contribution in [3.05, 3.63) is 0 Å². The molecular weight excluding hydrogens is 362 g/mol. The fraction of sp³-hybridized carbons (Fsp3) is 0.842. The van der Waals surface area contributed by atoms with Gasteiger partial charge in [0.1, 0.15) is 12.1 Å². The van der Waals surface area contributed by atoms with Crippen LogP contribution < -0.4 is 27.8 Å². The third-order valence-corrected chi connectivity index (χ3v) is 5.32. The Kier molecular flexibility index (Phi) is 10.1. The molecule has 0 aromatic carbocycles. The van der Waals surface area contributed by atoms with Crippen LogP contribution in [0.25, 0.3) is 0 Å². The van der Waals surface area contributed by atoms with Crippen LogP contribution in [-0.4, -0.2) is 54.1 Å². The Morgan fingerprint density at radius 3 is 1.93 bits per heavy atom. The van der Waals surface area contributed by atoms with E-state index in [1.807, 2.05) is 13.8 Å². The van der Waals surface area contributed by atoms with E-state index in [0.717, 1.165) is 0 Å². The minimum absolute atomic E-state index is 0.106. The lowest BCUT2D eigenvalue weighted by molar-refractivity contribution is -0.143. The first kappa shape index (κ1) is 26.3. The normalized spacial score (nSPS) is 15.6. The number of carbonyl (C=O) groups is 3. The summed E-state index contributed by atoms with van der Waals surface area (Å²) in [6, 6.07) is -2.21. The Morgan fingerprint density at radius 2 is 1.54 bits per heavy atom. The Balaban J connectivity index is 5.39. The molecule has 2 amide bonds. The number of rotatable bonds is 12. The van der Waals surface area contributed by atoms with Crippen molar-refractivity contribution in [1.82, 2.24) is 10.6 Å². The summed E-state index contributed by atoms with van der Waals surface area (Å²) in [5.41, 5.74) is 15.2. The van der Waals surface area contributed by atoms with Crippen LogP contribution in [0.15, 0.2) is 0 Å². The molecule has 0 spiro atoms. The summed E-state index contributed by atoms with van der Waals surface area (Å²) in [7, 11) is 0. The van der Waals surface area contributed by atoms with Gasteiger partial charge in [-0.15, -0.1) is 0 Å². The Labute approximate surface area is 168 Å². The highest BCUT2D eigenvalue weighted by Crippen LogP contribution is 2.36. The molecule has 0 aromatic rings. The molecule has 0 aromatic heterocycles. The third kappa shape index (κ3) is 7.37. The number of carbonyl (C=O) groups excluding carboxylic acids is 2. The summed E-state index contributed by atoms with van der Waals surface area (Å²) in [4.78, 5) is 36.9. The van der Waals surface area contributed by atoms with Crippen LogP contribution in [0.2, 0.25) is 0 Å². The van der Waals surface area contributed by atoms with Gasteiger partial charge in [0.05, 0.1) is 6.04 Å². The van der Waals surface area contributed by atoms with Gasteiger partial charge >= 0.3 is 5.97 Å². The van der Waals surface area contributed by atoms with Gasteiger partial charge in [0.15, 0.2) is 0 Å². The van der Waals surface area contributed by atoms with E-state index in [1.165, 1.54) is 0 Å². The van der Waals surface area contributed by atoms with E-state index in [-0.39, 0.29) is 43.3 Å². The molecule has 0 bridgehead atoms. The average molecular weight is 402 g/mol. The minimum Gasteiger partial charge on any atom is -0.480 e. The van der Waals surface area contributed by atoms with Crippen molar-refractivity contribution < 1.29 is 19.5 Å². The fourth-order valence-electron chi connectivity index (χ4n) is 3.21.